The molecule has 1 heterocycles. The van der Waals surface area contributed by atoms with Crippen LogP contribution in [0.15, 0.2) is 42.5 Å². The zero-order valence-corrected chi connectivity index (χ0v) is 15.4. The Morgan fingerprint density at radius 3 is 2.65 bits per heavy atom. The Morgan fingerprint density at radius 2 is 1.92 bits per heavy atom. The summed E-state index contributed by atoms with van der Waals surface area (Å²) in [4.78, 5) is 4.65. The van der Waals surface area contributed by atoms with Crippen LogP contribution in [0, 0.1) is 17.1 Å². The Labute approximate surface area is 154 Å². The molecule has 0 bridgehead atoms. The van der Waals surface area contributed by atoms with Crippen molar-refractivity contribution in [2.24, 2.45) is 0 Å². The monoisotopic (exact) mass is 352 g/mol. The first-order valence-electron chi connectivity index (χ1n) is 9.02. The standard InChI is InChI=1S/C21H25FN4/c1-16(24-15-18-5-3-4-17(12-18)14-23)20-13-19(22)6-7-21(20)26-10-8-25(2)9-11-26/h3-7,12-13,16,24H,8-11,15H2,1-2H3. The van der Waals surface area contributed by atoms with Crippen molar-refractivity contribution in [1.29, 1.82) is 5.26 Å². The summed E-state index contributed by atoms with van der Waals surface area (Å²) in [7, 11) is 2.13. The molecule has 0 spiro atoms. The topological polar surface area (TPSA) is 42.3 Å². The summed E-state index contributed by atoms with van der Waals surface area (Å²) in [5.41, 5.74) is 3.78. The fourth-order valence-corrected chi connectivity index (χ4v) is 3.34. The van der Waals surface area contributed by atoms with Gasteiger partial charge in [-0.3, -0.25) is 0 Å². The van der Waals surface area contributed by atoms with Crippen molar-refractivity contribution in [1.82, 2.24) is 10.2 Å². The van der Waals surface area contributed by atoms with Crippen LogP contribution >= 0.6 is 0 Å². The zero-order chi connectivity index (χ0) is 18.5. The molecule has 1 atom stereocenters. The van der Waals surface area contributed by atoms with Gasteiger partial charge in [0, 0.05) is 44.5 Å². The normalized spacial score (nSPS) is 16.3. The van der Waals surface area contributed by atoms with Crippen molar-refractivity contribution in [2.45, 2.75) is 19.5 Å². The van der Waals surface area contributed by atoms with Crippen molar-refractivity contribution in [3.05, 3.63) is 65.0 Å². The maximum atomic E-state index is 13.9. The number of nitrogens with zero attached hydrogens (tertiary/aromatic N) is 3. The van der Waals surface area contributed by atoms with Gasteiger partial charge in [-0.05, 0) is 55.4 Å². The molecule has 0 radical (unpaired) electrons. The minimum Gasteiger partial charge on any atom is -0.369 e. The van der Waals surface area contributed by atoms with Gasteiger partial charge in [-0.1, -0.05) is 12.1 Å². The van der Waals surface area contributed by atoms with Crippen molar-refractivity contribution in [3.8, 4) is 6.07 Å². The van der Waals surface area contributed by atoms with E-state index in [-0.39, 0.29) is 11.9 Å². The molecule has 1 aliphatic heterocycles. The van der Waals surface area contributed by atoms with E-state index in [4.69, 9.17) is 5.26 Å². The lowest BCUT2D eigenvalue weighted by atomic mass is 10.0. The minimum absolute atomic E-state index is 0.00565. The zero-order valence-electron chi connectivity index (χ0n) is 15.4. The summed E-state index contributed by atoms with van der Waals surface area (Å²) in [5, 5.41) is 12.5. The molecule has 1 N–H and O–H groups in total. The fourth-order valence-electron chi connectivity index (χ4n) is 3.34. The van der Waals surface area contributed by atoms with Crippen molar-refractivity contribution >= 4 is 5.69 Å². The molecule has 1 saturated heterocycles. The third-order valence-corrected chi connectivity index (χ3v) is 4.97. The van der Waals surface area contributed by atoms with E-state index in [1.807, 2.05) is 24.3 Å². The number of nitrogens with one attached hydrogen (secondary N) is 1. The molecule has 4 nitrogen and oxygen atoms in total. The van der Waals surface area contributed by atoms with Crippen LogP contribution in [-0.4, -0.2) is 38.1 Å². The molecule has 3 rings (SSSR count). The van der Waals surface area contributed by atoms with Crippen LogP contribution in [0.1, 0.15) is 29.7 Å². The Morgan fingerprint density at radius 1 is 1.15 bits per heavy atom. The molecular formula is C21H25FN4. The second kappa shape index (κ2) is 8.31. The maximum Gasteiger partial charge on any atom is 0.123 e. The van der Waals surface area contributed by atoms with Crippen LogP contribution in [0.4, 0.5) is 10.1 Å². The first kappa shape index (κ1) is 18.4. The number of hydrogen-bond acceptors (Lipinski definition) is 4. The smallest absolute Gasteiger partial charge is 0.123 e. The maximum absolute atomic E-state index is 13.9. The van der Waals surface area contributed by atoms with E-state index in [1.165, 1.54) is 0 Å². The molecule has 1 aliphatic rings. The Hall–Kier alpha value is -2.42. The average Bonchev–Trinajstić information content (AvgIpc) is 2.67. The number of anilines is 1. The molecule has 0 aromatic heterocycles. The molecule has 2 aromatic rings. The highest BCUT2D eigenvalue weighted by Crippen LogP contribution is 2.28. The molecule has 0 amide bonds. The van der Waals surface area contributed by atoms with Crippen molar-refractivity contribution in [2.75, 3.05) is 38.1 Å². The Kier molecular flexibility index (Phi) is 5.87. The lowest BCUT2D eigenvalue weighted by molar-refractivity contribution is 0.312. The van der Waals surface area contributed by atoms with Gasteiger partial charge in [-0.2, -0.15) is 5.26 Å². The summed E-state index contributed by atoms with van der Waals surface area (Å²) >= 11 is 0. The third-order valence-electron chi connectivity index (χ3n) is 4.97. The van der Waals surface area contributed by atoms with Gasteiger partial charge in [-0.15, -0.1) is 0 Å². The number of rotatable bonds is 5. The highest BCUT2D eigenvalue weighted by Gasteiger charge is 2.20. The summed E-state index contributed by atoms with van der Waals surface area (Å²) in [6, 6.07) is 14.8. The summed E-state index contributed by atoms with van der Waals surface area (Å²) in [6.45, 7) is 6.62. The molecule has 26 heavy (non-hydrogen) atoms. The van der Waals surface area contributed by atoms with E-state index < -0.39 is 0 Å². The van der Waals surface area contributed by atoms with Crippen molar-refractivity contribution in [3.63, 3.8) is 0 Å². The SMILES string of the molecule is CC(NCc1cccc(C#N)c1)c1cc(F)ccc1N1CCN(C)CC1. The highest BCUT2D eigenvalue weighted by molar-refractivity contribution is 5.55. The highest BCUT2D eigenvalue weighted by atomic mass is 19.1. The number of benzene rings is 2. The number of nitriles is 1. The van der Waals surface area contributed by atoms with Gasteiger partial charge in [0.1, 0.15) is 5.82 Å². The number of halogens is 1. The van der Waals surface area contributed by atoms with Crippen molar-refractivity contribution < 1.29 is 4.39 Å². The summed E-state index contributed by atoms with van der Waals surface area (Å²) in [5.74, 6) is -0.210. The third kappa shape index (κ3) is 4.40. The van der Waals surface area contributed by atoms with Gasteiger partial charge in [0.05, 0.1) is 11.6 Å². The lowest BCUT2D eigenvalue weighted by Gasteiger charge is -2.36. The lowest BCUT2D eigenvalue weighted by Crippen LogP contribution is -2.45. The van der Waals surface area contributed by atoms with Crippen LogP contribution in [0.25, 0.3) is 0 Å². The molecule has 0 aliphatic carbocycles. The quantitative estimate of drug-likeness (QED) is 0.897. The molecule has 1 fully saturated rings. The summed E-state index contributed by atoms with van der Waals surface area (Å²) in [6.07, 6.45) is 0. The van der Waals surface area contributed by atoms with Gasteiger partial charge in [0.25, 0.3) is 0 Å². The van der Waals surface area contributed by atoms with Gasteiger partial charge in [0.15, 0.2) is 0 Å². The fraction of sp³-hybridized carbons (Fsp3) is 0.381. The predicted octanol–water partition coefficient (Wildman–Crippen LogP) is 3.30. The van der Waals surface area contributed by atoms with E-state index in [0.29, 0.717) is 12.1 Å². The molecule has 2 aromatic carbocycles. The van der Waals surface area contributed by atoms with Crippen LogP contribution in [0.5, 0.6) is 0 Å². The molecule has 136 valence electrons. The van der Waals surface area contributed by atoms with E-state index in [0.717, 1.165) is 43.0 Å². The number of likely N-dealkylation sites (N-methyl/N-ethyl adjacent to an activating group) is 1. The molecule has 0 saturated carbocycles. The Bertz CT molecular complexity index is 791. The second-order valence-corrected chi connectivity index (χ2v) is 6.91. The minimum atomic E-state index is -0.210. The largest absolute Gasteiger partial charge is 0.369 e. The first-order valence-corrected chi connectivity index (χ1v) is 9.02. The van der Waals surface area contributed by atoms with Gasteiger partial charge < -0.3 is 15.1 Å². The van der Waals surface area contributed by atoms with E-state index in [2.05, 4.69) is 35.2 Å². The van der Waals surface area contributed by atoms with Gasteiger partial charge >= 0.3 is 0 Å². The molecule has 5 heteroatoms. The molecular weight excluding hydrogens is 327 g/mol. The number of hydrogen-bond donors (Lipinski definition) is 1. The first-order chi connectivity index (χ1) is 12.6. The van der Waals surface area contributed by atoms with Gasteiger partial charge in [-0.25, -0.2) is 4.39 Å². The Balaban J connectivity index is 1.74. The van der Waals surface area contributed by atoms with Crippen LogP contribution in [0.2, 0.25) is 0 Å². The van der Waals surface area contributed by atoms with E-state index >= 15 is 0 Å². The van der Waals surface area contributed by atoms with E-state index in [9.17, 15) is 4.39 Å². The molecule has 1 unspecified atom stereocenters. The second-order valence-electron chi connectivity index (χ2n) is 6.91. The average molecular weight is 352 g/mol. The van der Waals surface area contributed by atoms with Crippen LogP contribution < -0.4 is 10.2 Å². The van der Waals surface area contributed by atoms with E-state index in [1.54, 1.807) is 18.2 Å². The van der Waals surface area contributed by atoms with Crippen LogP contribution in [0.3, 0.4) is 0 Å². The van der Waals surface area contributed by atoms with Crippen LogP contribution in [-0.2, 0) is 6.54 Å². The number of piperazine rings is 1. The van der Waals surface area contributed by atoms with Gasteiger partial charge in [0.2, 0.25) is 0 Å². The predicted molar refractivity (Wildman–Crippen MR) is 103 cm³/mol. The summed E-state index contributed by atoms with van der Waals surface area (Å²) < 4.78 is 13.9.